The lowest BCUT2D eigenvalue weighted by Crippen LogP contribution is -2.41. The largest absolute Gasteiger partial charge is 0.337 e. The monoisotopic (exact) mass is 234 g/mol. The summed E-state index contributed by atoms with van der Waals surface area (Å²) in [7, 11) is 0. The third kappa shape index (κ3) is 4.10. The van der Waals surface area contributed by atoms with Gasteiger partial charge in [0.2, 0.25) is 0 Å². The van der Waals surface area contributed by atoms with Crippen LogP contribution < -0.4 is 5.32 Å². The van der Waals surface area contributed by atoms with Crippen LogP contribution >= 0.6 is 0 Å². The van der Waals surface area contributed by atoms with Crippen LogP contribution in [0, 0.1) is 0 Å². The lowest BCUT2D eigenvalue weighted by molar-refractivity contribution is 0.203. The Morgan fingerprint density at radius 2 is 1.82 bits per heavy atom. The Kier molecular flexibility index (Phi) is 5.53. The number of hydrogen-bond donors (Lipinski definition) is 1. The van der Waals surface area contributed by atoms with Gasteiger partial charge in [-0.15, -0.1) is 0 Å². The lowest BCUT2D eigenvalue weighted by atomic mass is 10.0. The minimum absolute atomic E-state index is 0.0257. The molecule has 0 spiro atoms. The molecule has 0 aliphatic rings. The van der Waals surface area contributed by atoms with E-state index in [4.69, 9.17) is 0 Å². The van der Waals surface area contributed by atoms with Crippen LogP contribution in [0.4, 0.5) is 4.79 Å². The van der Waals surface area contributed by atoms with Crippen LogP contribution in [0.3, 0.4) is 0 Å². The van der Waals surface area contributed by atoms with Gasteiger partial charge in [0.05, 0.1) is 0 Å². The van der Waals surface area contributed by atoms with Crippen LogP contribution in [0.15, 0.2) is 30.3 Å². The fourth-order valence-electron chi connectivity index (χ4n) is 1.76. The van der Waals surface area contributed by atoms with Crippen molar-refractivity contribution in [2.24, 2.45) is 0 Å². The smallest absolute Gasteiger partial charge is 0.317 e. The highest BCUT2D eigenvalue weighted by molar-refractivity contribution is 5.74. The molecule has 1 unspecified atom stereocenters. The van der Waals surface area contributed by atoms with Crippen molar-refractivity contribution in [3.63, 3.8) is 0 Å². The summed E-state index contributed by atoms with van der Waals surface area (Å²) in [6, 6.07) is 10.3. The van der Waals surface area contributed by atoms with Crippen molar-refractivity contribution in [2.75, 3.05) is 19.6 Å². The van der Waals surface area contributed by atoms with Crippen molar-refractivity contribution >= 4 is 6.03 Å². The van der Waals surface area contributed by atoms with E-state index in [2.05, 4.69) is 24.4 Å². The van der Waals surface area contributed by atoms with E-state index in [1.54, 1.807) is 4.90 Å². The molecular formula is C14H22N2O. The third-order valence-electron chi connectivity index (χ3n) is 2.98. The van der Waals surface area contributed by atoms with Crippen LogP contribution in [-0.2, 0) is 0 Å². The highest BCUT2D eigenvalue weighted by Gasteiger charge is 2.11. The molecule has 1 atom stereocenters. The van der Waals surface area contributed by atoms with Gasteiger partial charge in [0.25, 0.3) is 0 Å². The van der Waals surface area contributed by atoms with Crippen LogP contribution in [-0.4, -0.2) is 30.6 Å². The molecule has 0 saturated heterocycles. The van der Waals surface area contributed by atoms with Gasteiger partial charge < -0.3 is 10.2 Å². The normalized spacial score (nSPS) is 11.9. The number of amides is 2. The Morgan fingerprint density at radius 3 is 2.35 bits per heavy atom. The molecule has 17 heavy (non-hydrogen) atoms. The second kappa shape index (κ2) is 6.94. The van der Waals surface area contributed by atoms with E-state index < -0.39 is 0 Å². The summed E-state index contributed by atoms with van der Waals surface area (Å²) in [5.74, 6) is 0.343. The second-order valence-corrected chi connectivity index (χ2v) is 4.17. The van der Waals surface area contributed by atoms with Gasteiger partial charge in [0, 0.05) is 19.6 Å². The summed E-state index contributed by atoms with van der Waals surface area (Å²) in [5, 5.41) is 2.97. The van der Waals surface area contributed by atoms with Gasteiger partial charge in [0.15, 0.2) is 0 Å². The second-order valence-electron chi connectivity index (χ2n) is 4.17. The molecule has 0 saturated carbocycles. The average molecular weight is 234 g/mol. The first-order valence-corrected chi connectivity index (χ1v) is 6.26. The number of benzene rings is 1. The first-order valence-electron chi connectivity index (χ1n) is 6.26. The molecule has 0 aromatic heterocycles. The number of nitrogens with one attached hydrogen (secondary N) is 1. The Bertz CT molecular complexity index is 333. The van der Waals surface area contributed by atoms with Gasteiger partial charge in [-0.25, -0.2) is 4.79 Å². The summed E-state index contributed by atoms with van der Waals surface area (Å²) >= 11 is 0. The topological polar surface area (TPSA) is 32.3 Å². The molecule has 3 heteroatoms. The SMILES string of the molecule is CCN(CC)C(=O)NCC(C)c1ccccc1. The van der Waals surface area contributed by atoms with Crippen molar-refractivity contribution in [1.29, 1.82) is 0 Å². The van der Waals surface area contributed by atoms with E-state index in [0.29, 0.717) is 12.5 Å². The number of carbonyl (C=O) groups is 1. The number of carbonyl (C=O) groups excluding carboxylic acids is 1. The first-order chi connectivity index (χ1) is 8.19. The molecule has 0 fully saturated rings. The molecule has 0 heterocycles. The summed E-state index contributed by atoms with van der Waals surface area (Å²) in [6.07, 6.45) is 0. The number of nitrogens with zero attached hydrogens (tertiary/aromatic N) is 1. The van der Waals surface area contributed by atoms with Crippen molar-refractivity contribution in [3.8, 4) is 0 Å². The van der Waals surface area contributed by atoms with E-state index >= 15 is 0 Å². The van der Waals surface area contributed by atoms with Crippen LogP contribution in [0.25, 0.3) is 0 Å². The van der Waals surface area contributed by atoms with Crippen LogP contribution in [0.1, 0.15) is 32.3 Å². The summed E-state index contributed by atoms with van der Waals surface area (Å²) < 4.78 is 0. The fraction of sp³-hybridized carbons (Fsp3) is 0.500. The Balaban J connectivity index is 2.43. The maximum Gasteiger partial charge on any atom is 0.317 e. The minimum Gasteiger partial charge on any atom is -0.337 e. The molecule has 0 aliphatic carbocycles. The van der Waals surface area contributed by atoms with Gasteiger partial charge in [0.1, 0.15) is 0 Å². The lowest BCUT2D eigenvalue weighted by Gasteiger charge is -2.21. The summed E-state index contributed by atoms with van der Waals surface area (Å²) in [5.41, 5.74) is 1.26. The van der Waals surface area contributed by atoms with Crippen LogP contribution in [0.2, 0.25) is 0 Å². The predicted molar refractivity (Wildman–Crippen MR) is 71.2 cm³/mol. The fourth-order valence-corrected chi connectivity index (χ4v) is 1.76. The van der Waals surface area contributed by atoms with Crippen LogP contribution in [0.5, 0.6) is 0 Å². The van der Waals surface area contributed by atoms with Gasteiger partial charge >= 0.3 is 6.03 Å². The zero-order chi connectivity index (χ0) is 12.7. The Labute approximate surface area is 104 Å². The molecule has 2 amide bonds. The highest BCUT2D eigenvalue weighted by Crippen LogP contribution is 2.12. The molecule has 1 aromatic carbocycles. The molecule has 94 valence electrons. The Hall–Kier alpha value is -1.51. The molecule has 0 radical (unpaired) electrons. The van der Waals surface area contributed by atoms with Gasteiger partial charge in [-0.3, -0.25) is 0 Å². The molecule has 0 bridgehead atoms. The van der Waals surface area contributed by atoms with E-state index in [-0.39, 0.29) is 6.03 Å². The number of rotatable bonds is 5. The quantitative estimate of drug-likeness (QED) is 0.834. The van der Waals surface area contributed by atoms with E-state index in [1.165, 1.54) is 5.56 Å². The number of hydrogen-bond acceptors (Lipinski definition) is 1. The molecular weight excluding hydrogens is 212 g/mol. The zero-order valence-electron chi connectivity index (χ0n) is 10.9. The van der Waals surface area contributed by atoms with E-state index in [9.17, 15) is 4.79 Å². The third-order valence-corrected chi connectivity index (χ3v) is 2.98. The van der Waals surface area contributed by atoms with E-state index in [0.717, 1.165) is 13.1 Å². The van der Waals surface area contributed by atoms with Crippen molar-refractivity contribution in [3.05, 3.63) is 35.9 Å². The summed E-state index contributed by atoms with van der Waals surface area (Å²) in [4.78, 5) is 13.5. The zero-order valence-corrected chi connectivity index (χ0v) is 10.9. The molecule has 1 aromatic rings. The van der Waals surface area contributed by atoms with Crippen molar-refractivity contribution in [2.45, 2.75) is 26.7 Å². The molecule has 0 aliphatic heterocycles. The minimum atomic E-state index is 0.0257. The Morgan fingerprint density at radius 1 is 1.24 bits per heavy atom. The molecule has 1 N–H and O–H groups in total. The first kappa shape index (κ1) is 13.6. The predicted octanol–water partition coefficient (Wildman–Crippen LogP) is 2.84. The molecule has 1 rings (SSSR count). The van der Waals surface area contributed by atoms with Gasteiger partial charge in [-0.2, -0.15) is 0 Å². The van der Waals surface area contributed by atoms with Crippen molar-refractivity contribution in [1.82, 2.24) is 10.2 Å². The maximum atomic E-state index is 11.8. The summed E-state index contributed by atoms with van der Waals surface area (Å²) in [6.45, 7) is 8.29. The van der Waals surface area contributed by atoms with Crippen molar-refractivity contribution < 1.29 is 4.79 Å². The van der Waals surface area contributed by atoms with Gasteiger partial charge in [-0.1, -0.05) is 37.3 Å². The molecule has 3 nitrogen and oxygen atoms in total. The van der Waals surface area contributed by atoms with Gasteiger partial charge in [-0.05, 0) is 25.3 Å². The number of urea groups is 1. The average Bonchev–Trinajstić information content (AvgIpc) is 2.38. The maximum absolute atomic E-state index is 11.8. The van der Waals surface area contributed by atoms with E-state index in [1.807, 2.05) is 32.0 Å². The standard InChI is InChI=1S/C14H22N2O/c1-4-16(5-2)14(17)15-11-12(3)13-9-7-6-8-10-13/h6-10,12H,4-5,11H2,1-3H3,(H,15,17). The highest BCUT2D eigenvalue weighted by atomic mass is 16.2.